The van der Waals surface area contributed by atoms with E-state index in [1.54, 1.807) is 17.9 Å². The van der Waals surface area contributed by atoms with Gasteiger partial charge in [-0.3, -0.25) is 4.79 Å². The van der Waals surface area contributed by atoms with Crippen LogP contribution >= 0.6 is 11.3 Å². The van der Waals surface area contributed by atoms with Crippen molar-refractivity contribution in [1.29, 1.82) is 0 Å². The highest BCUT2D eigenvalue weighted by atomic mass is 32.2. The lowest BCUT2D eigenvalue weighted by atomic mass is 9.88. The van der Waals surface area contributed by atoms with Gasteiger partial charge in [0.1, 0.15) is 0 Å². The molecule has 1 aromatic carbocycles. The summed E-state index contributed by atoms with van der Waals surface area (Å²) in [7, 11) is -3.76. The van der Waals surface area contributed by atoms with Crippen LogP contribution in [0.2, 0.25) is 0 Å². The van der Waals surface area contributed by atoms with Crippen LogP contribution in [0.3, 0.4) is 0 Å². The Balaban J connectivity index is 1.37. The number of fused-ring (bicyclic) bond motifs is 1. The summed E-state index contributed by atoms with van der Waals surface area (Å²) in [5, 5.41) is 3.91. The Kier molecular flexibility index (Phi) is 6.04. The molecule has 9 nitrogen and oxygen atoms in total. The number of amides is 1. The number of thiophene rings is 1. The molecule has 2 aromatic heterocycles. The van der Waals surface area contributed by atoms with Gasteiger partial charge in [0.2, 0.25) is 15.8 Å². The summed E-state index contributed by atoms with van der Waals surface area (Å²) in [6.07, 6.45) is 2.64. The van der Waals surface area contributed by atoms with Crippen molar-refractivity contribution in [2.45, 2.75) is 37.1 Å². The maximum atomic E-state index is 13.3. The zero-order valence-electron chi connectivity index (χ0n) is 18.1. The molecule has 0 bridgehead atoms. The number of hydrogen-bond donors (Lipinski definition) is 1. The molecule has 1 unspecified atom stereocenters. The average Bonchev–Trinajstić information content (AvgIpc) is 3.47. The Hall–Kier alpha value is -2.60. The number of rotatable bonds is 5. The summed E-state index contributed by atoms with van der Waals surface area (Å²) in [5.74, 6) is -0.265. The molecule has 1 aliphatic heterocycles. The number of nitrogens with one attached hydrogen (secondary N) is 1. The number of hydrogen-bond acceptors (Lipinski definition) is 8. The summed E-state index contributed by atoms with van der Waals surface area (Å²) in [6.45, 7) is 3.62. The molecule has 1 amide bonds. The molecule has 33 heavy (non-hydrogen) atoms. The second kappa shape index (κ2) is 8.98. The van der Waals surface area contributed by atoms with Crippen molar-refractivity contribution in [3.8, 4) is 10.7 Å². The molecular formula is C22H24N4O5S2. The number of ether oxygens (including phenoxy) is 1. The molecule has 174 valence electrons. The van der Waals surface area contributed by atoms with Gasteiger partial charge in [0.25, 0.3) is 0 Å². The van der Waals surface area contributed by atoms with E-state index in [0.29, 0.717) is 36.1 Å². The van der Waals surface area contributed by atoms with E-state index in [1.165, 1.54) is 16.9 Å². The number of nitrogens with zero attached hydrogens (tertiary/aromatic N) is 3. The first kappa shape index (κ1) is 22.2. The first-order valence-corrected chi connectivity index (χ1v) is 13.1. The summed E-state index contributed by atoms with van der Waals surface area (Å²) in [5.41, 5.74) is 2.22. The standard InChI is InChI=1S/C22H24N4O5S2/c1-14-19(33(28,29)25-17-8-4-6-15-5-2-3-7-16(15)17)13-18(32-14)20-23-21(31-24-20)22(27)26-9-11-30-12-10-26/h2-3,5,7,13,17,25H,4,6,8-12H2,1H3. The molecular weight excluding hydrogens is 464 g/mol. The summed E-state index contributed by atoms with van der Waals surface area (Å²) in [6, 6.07) is 9.24. The molecule has 2 aliphatic rings. The van der Waals surface area contributed by atoms with Crippen molar-refractivity contribution < 1.29 is 22.5 Å². The van der Waals surface area contributed by atoms with Gasteiger partial charge in [0.05, 0.1) is 23.0 Å². The first-order chi connectivity index (χ1) is 15.9. The third-order valence-electron chi connectivity index (χ3n) is 5.96. The van der Waals surface area contributed by atoms with E-state index in [4.69, 9.17) is 9.26 Å². The van der Waals surface area contributed by atoms with Crippen LogP contribution in [-0.4, -0.2) is 55.7 Å². The third kappa shape index (κ3) is 4.45. The van der Waals surface area contributed by atoms with E-state index in [0.717, 1.165) is 24.8 Å². The predicted octanol–water partition coefficient (Wildman–Crippen LogP) is 2.93. The van der Waals surface area contributed by atoms with Crippen LogP contribution in [0.25, 0.3) is 10.7 Å². The van der Waals surface area contributed by atoms with E-state index in [9.17, 15) is 13.2 Å². The minimum absolute atomic E-state index is 0.112. The van der Waals surface area contributed by atoms with Crippen LogP contribution in [0.5, 0.6) is 0 Å². The fraction of sp³-hybridized carbons (Fsp3) is 0.409. The van der Waals surface area contributed by atoms with Gasteiger partial charge >= 0.3 is 11.8 Å². The largest absolute Gasteiger partial charge is 0.378 e. The monoisotopic (exact) mass is 488 g/mol. The predicted molar refractivity (Wildman–Crippen MR) is 122 cm³/mol. The Morgan fingerprint density at radius 2 is 2.03 bits per heavy atom. The zero-order valence-corrected chi connectivity index (χ0v) is 19.7. The van der Waals surface area contributed by atoms with E-state index in [2.05, 4.69) is 20.9 Å². The smallest absolute Gasteiger partial charge is 0.316 e. The lowest BCUT2D eigenvalue weighted by molar-refractivity contribution is 0.0272. The molecule has 1 atom stereocenters. The average molecular weight is 489 g/mol. The van der Waals surface area contributed by atoms with E-state index >= 15 is 0 Å². The second-order valence-electron chi connectivity index (χ2n) is 8.12. The molecule has 1 aliphatic carbocycles. The quantitative estimate of drug-likeness (QED) is 0.587. The highest BCUT2D eigenvalue weighted by Crippen LogP contribution is 2.35. The number of carbonyl (C=O) groups is 1. The number of aryl methyl sites for hydroxylation is 2. The van der Waals surface area contributed by atoms with Crippen LogP contribution in [-0.2, 0) is 21.2 Å². The minimum atomic E-state index is -3.76. The molecule has 0 radical (unpaired) electrons. The van der Waals surface area contributed by atoms with Crippen LogP contribution in [0.4, 0.5) is 0 Å². The first-order valence-electron chi connectivity index (χ1n) is 10.8. The fourth-order valence-electron chi connectivity index (χ4n) is 4.28. The molecule has 1 N–H and O–H groups in total. The highest BCUT2D eigenvalue weighted by molar-refractivity contribution is 7.89. The molecule has 3 aromatic rings. The Morgan fingerprint density at radius 1 is 1.24 bits per heavy atom. The molecule has 3 heterocycles. The number of carbonyl (C=O) groups excluding carboxylic acids is 1. The SMILES string of the molecule is Cc1sc(-c2noc(C(=O)N3CCOCC3)n2)cc1S(=O)(=O)NC1CCCc2ccccc21. The molecule has 1 saturated heterocycles. The lowest BCUT2D eigenvalue weighted by Gasteiger charge is -2.26. The Bertz CT molecular complexity index is 1280. The normalized spacial score (nSPS) is 18.8. The molecule has 11 heteroatoms. The van der Waals surface area contributed by atoms with Gasteiger partial charge in [-0.25, -0.2) is 13.1 Å². The van der Waals surface area contributed by atoms with Gasteiger partial charge in [-0.05, 0) is 43.4 Å². The van der Waals surface area contributed by atoms with E-state index in [-0.39, 0.29) is 28.6 Å². The van der Waals surface area contributed by atoms with Gasteiger partial charge in [-0.1, -0.05) is 29.4 Å². The second-order valence-corrected chi connectivity index (χ2v) is 11.1. The van der Waals surface area contributed by atoms with Crippen molar-refractivity contribution in [2.75, 3.05) is 26.3 Å². The Morgan fingerprint density at radius 3 is 2.85 bits per heavy atom. The van der Waals surface area contributed by atoms with Gasteiger partial charge in [-0.2, -0.15) is 4.98 Å². The summed E-state index contributed by atoms with van der Waals surface area (Å²) >= 11 is 1.25. The van der Waals surface area contributed by atoms with Crippen molar-refractivity contribution >= 4 is 27.3 Å². The van der Waals surface area contributed by atoms with E-state index < -0.39 is 10.0 Å². The van der Waals surface area contributed by atoms with Crippen molar-refractivity contribution in [2.24, 2.45) is 0 Å². The van der Waals surface area contributed by atoms with Crippen LogP contribution in [0, 0.1) is 6.92 Å². The fourth-order valence-corrected chi connectivity index (χ4v) is 7.05. The number of benzene rings is 1. The minimum Gasteiger partial charge on any atom is -0.378 e. The zero-order chi connectivity index (χ0) is 23.0. The number of aromatic nitrogens is 2. The highest BCUT2D eigenvalue weighted by Gasteiger charge is 2.29. The van der Waals surface area contributed by atoms with Crippen LogP contribution < -0.4 is 4.72 Å². The summed E-state index contributed by atoms with van der Waals surface area (Å²) < 4.78 is 39.8. The topological polar surface area (TPSA) is 115 Å². The van der Waals surface area contributed by atoms with Gasteiger partial charge < -0.3 is 14.2 Å². The Labute approximate surface area is 195 Å². The molecule has 1 fully saturated rings. The number of morpholine rings is 1. The van der Waals surface area contributed by atoms with Gasteiger partial charge in [0, 0.05) is 24.0 Å². The number of sulfonamides is 1. The van der Waals surface area contributed by atoms with Crippen LogP contribution in [0.1, 0.15) is 45.6 Å². The van der Waals surface area contributed by atoms with Gasteiger partial charge in [-0.15, -0.1) is 11.3 Å². The maximum Gasteiger partial charge on any atom is 0.316 e. The summed E-state index contributed by atoms with van der Waals surface area (Å²) in [4.78, 5) is 19.7. The van der Waals surface area contributed by atoms with Crippen molar-refractivity contribution in [1.82, 2.24) is 19.8 Å². The third-order valence-corrected chi connectivity index (χ3v) is 8.73. The van der Waals surface area contributed by atoms with Crippen molar-refractivity contribution in [3.05, 3.63) is 52.2 Å². The lowest BCUT2D eigenvalue weighted by Crippen LogP contribution is -2.40. The maximum absolute atomic E-state index is 13.3. The van der Waals surface area contributed by atoms with Crippen molar-refractivity contribution in [3.63, 3.8) is 0 Å². The molecule has 0 spiro atoms. The van der Waals surface area contributed by atoms with E-state index in [1.807, 2.05) is 18.2 Å². The molecule has 5 rings (SSSR count). The van der Waals surface area contributed by atoms with Crippen LogP contribution in [0.15, 0.2) is 39.8 Å². The van der Waals surface area contributed by atoms with Gasteiger partial charge in [0.15, 0.2) is 0 Å². The molecule has 0 saturated carbocycles.